The Hall–Kier alpha value is -3.45. The van der Waals surface area contributed by atoms with Gasteiger partial charge in [-0.1, -0.05) is 48.5 Å². The number of furan rings is 1. The van der Waals surface area contributed by atoms with Crippen molar-refractivity contribution in [2.24, 2.45) is 0 Å². The van der Waals surface area contributed by atoms with Gasteiger partial charge in [-0.25, -0.2) is 9.97 Å². The van der Waals surface area contributed by atoms with Crippen LogP contribution < -0.4 is 0 Å². The molecule has 0 fully saturated rings. The summed E-state index contributed by atoms with van der Waals surface area (Å²) in [6.45, 7) is 1.96. The van der Waals surface area contributed by atoms with E-state index in [0.717, 1.165) is 41.7 Å². The van der Waals surface area contributed by atoms with Crippen molar-refractivity contribution in [3.8, 4) is 22.7 Å². The number of benzene rings is 2. The quantitative estimate of drug-likeness (QED) is 0.395. The van der Waals surface area contributed by atoms with Gasteiger partial charge in [0.25, 0.3) is 0 Å². The average molecular weight is 435 g/mol. The van der Waals surface area contributed by atoms with Gasteiger partial charge in [-0.2, -0.15) is 13.2 Å². The second-order valence-corrected chi connectivity index (χ2v) is 7.80. The molecule has 7 heteroatoms. The summed E-state index contributed by atoms with van der Waals surface area (Å²) in [5.74, 6) is 1.57. The third-order valence-corrected chi connectivity index (χ3v) is 5.58. The van der Waals surface area contributed by atoms with Crippen molar-refractivity contribution < 1.29 is 17.6 Å². The zero-order chi connectivity index (χ0) is 22.1. The van der Waals surface area contributed by atoms with Crippen LogP contribution in [0, 0.1) is 0 Å². The lowest BCUT2D eigenvalue weighted by atomic mass is 10.1. The fourth-order valence-corrected chi connectivity index (χ4v) is 4.01. The van der Waals surface area contributed by atoms with Crippen molar-refractivity contribution in [3.05, 3.63) is 95.5 Å². The summed E-state index contributed by atoms with van der Waals surface area (Å²) in [4.78, 5) is 11.4. The van der Waals surface area contributed by atoms with Gasteiger partial charge < -0.3 is 4.42 Å². The summed E-state index contributed by atoms with van der Waals surface area (Å²) in [7, 11) is 0. The molecule has 4 aromatic rings. The first-order valence-electron chi connectivity index (χ1n) is 10.4. The van der Waals surface area contributed by atoms with Gasteiger partial charge in [0.2, 0.25) is 0 Å². The Bertz CT molecular complexity index is 1230. The molecule has 0 saturated carbocycles. The molecule has 5 rings (SSSR count). The van der Waals surface area contributed by atoms with Gasteiger partial charge in [0.1, 0.15) is 11.5 Å². The number of nitrogens with zero attached hydrogens (tertiary/aromatic N) is 3. The Balaban J connectivity index is 1.31. The molecular formula is C25H20F3N3O. The Morgan fingerprint density at radius 3 is 2.53 bits per heavy atom. The lowest BCUT2D eigenvalue weighted by Crippen LogP contribution is -2.30. The molecule has 0 N–H and O–H groups in total. The molecular weight excluding hydrogens is 415 g/mol. The first-order chi connectivity index (χ1) is 15.5. The molecule has 2 aromatic heterocycles. The lowest BCUT2D eigenvalue weighted by molar-refractivity contribution is -0.137. The van der Waals surface area contributed by atoms with Crippen molar-refractivity contribution >= 4 is 0 Å². The minimum absolute atomic E-state index is 0.0529. The third-order valence-electron chi connectivity index (χ3n) is 5.58. The van der Waals surface area contributed by atoms with E-state index in [-0.39, 0.29) is 11.3 Å². The molecule has 3 heterocycles. The minimum Gasteiger partial charge on any atom is -0.460 e. The predicted molar refractivity (Wildman–Crippen MR) is 114 cm³/mol. The molecule has 2 aromatic carbocycles. The highest BCUT2D eigenvalue weighted by Gasteiger charge is 2.34. The van der Waals surface area contributed by atoms with Gasteiger partial charge in [0.05, 0.1) is 17.8 Å². The molecule has 1 aliphatic rings. The SMILES string of the molecule is FC(F)(F)c1ccccc1-c1ccc(CN2CCc3nc(-c4ccccc4)ncc3C2)o1. The van der Waals surface area contributed by atoms with E-state index in [9.17, 15) is 13.2 Å². The molecule has 0 spiro atoms. The van der Waals surface area contributed by atoms with E-state index in [1.165, 1.54) is 12.1 Å². The van der Waals surface area contributed by atoms with E-state index in [4.69, 9.17) is 9.40 Å². The molecule has 1 aliphatic heterocycles. The fourth-order valence-electron chi connectivity index (χ4n) is 4.01. The highest BCUT2D eigenvalue weighted by Crippen LogP contribution is 2.37. The highest BCUT2D eigenvalue weighted by atomic mass is 19.4. The van der Waals surface area contributed by atoms with Crippen molar-refractivity contribution in [3.63, 3.8) is 0 Å². The van der Waals surface area contributed by atoms with Crippen molar-refractivity contribution in [2.75, 3.05) is 6.54 Å². The Morgan fingerprint density at radius 1 is 0.938 bits per heavy atom. The van der Waals surface area contributed by atoms with E-state index in [0.29, 0.717) is 18.8 Å². The molecule has 4 nitrogen and oxygen atoms in total. The number of hydrogen-bond acceptors (Lipinski definition) is 4. The average Bonchev–Trinajstić information content (AvgIpc) is 3.27. The second-order valence-electron chi connectivity index (χ2n) is 7.80. The number of aromatic nitrogens is 2. The maximum absolute atomic E-state index is 13.3. The Morgan fingerprint density at radius 2 is 1.72 bits per heavy atom. The van der Waals surface area contributed by atoms with Crippen molar-refractivity contribution in [1.82, 2.24) is 14.9 Å². The zero-order valence-corrected chi connectivity index (χ0v) is 17.1. The molecule has 0 aliphatic carbocycles. The number of alkyl halides is 3. The molecule has 0 radical (unpaired) electrons. The summed E-state index contributed by atoms with van der Waals surface area (Å²) in [5.41, 5.74) is 2.44. The van der Waals surface area contributed by atoms with Crippen LogP contribution in [0.4, 0.5) is 13.2 Å². The summed E-state index contributed by atoms with van der Waals surface area (Å²) >= 11 is 0. The number of hydrogen-bond donors (Lipinski definition) is 0. The highest BCUT2D eigenvalue weighted by molar-refractivity contribution is 5.63. The van der Waals surface area contributed by atoms with Crippen LogP contribution in [-0.2, 0) is 25.7 Å². The van der Waals surface area contributed by atoms with E-state index in [2.05, 4.69) is 9.88 Å². The number of rotatable bonds is 4. The topological polar surface area (TPSA) is 42.2 Å². The van der Waals surface area contributed by atoms with Crippen LogP contribution in [0.2, 0.25) is 0 Å². The molecule has 162 valence electrons. The molecule has 0 unspecified atom stereocenters. The maximum Gasteiger partial charge on any atom is 0.417 e. The molecule has 0 bridgehead atoms. The first-order valence-corrected chi connectivity index (χ1v) is 10.4. The summed E-state index contributed by atoms with van der Waals surface area (Å²) < 4.78 is 45.8. The molecule has 0 saturated heterocycles. The molecule has 0 amide bonds. The zero-order valence-electron chi connectivity index (χ0n) is 17.1. The van der Waals surface area contributed by atoms with Crippen LogP contribution in [0.15, 0.2) is 77.3 Å². The summed E-state index contributed by atoms with van der Waals surface area (Å²) in [5, 5.41) is 0. The van der Waals surface area contributed by atoms with E-state index in [1.54, 1.807) is 18.2 Å². The van der Waals surface area contributed by atoms with Crippen LogP contribution in [0.25, 0.3) is 22.7 Å². The number of halogens is 3. The number of fused-ring (bicyclic) bond motifs is 1. The van der Waals surface area contributed by atoms with E-state index in [1.807, 2.05) is 36.5 Å². The Kier molecular flexibility index (Phi) is 5.27. The predicted octanol–water partition coefficient (Wildman–Crippen LogP) is 5.98. The maximum atomic E-state index is 13.3. The minimum atomic E-state index is -4.43. The van der Waals surface area contributed by atoms with Crippen molar-refractivity contribution in [2.45, 2.75) is 25.7 Å². The van der Waals surface area contributed by atoms with Crippen LogP contribution in [0.1, 0.15) is 22.6 Å². The van der Waals surface area contributed by atoms with Gasteiger partial charge in [-0.15, -0.1) is 0 Å². The van der Waals surface area contributed by atoms with E-state index >= 15 is 0 Å². The normalized spacial score (nSPS) is 14.3. The monoisotopic (exact) mass is 435 g/mol. The van der Waals surface area contributed by atoms with Crippen LogP contribution in [0.3, 0.4) is 0 Å². The van der Waals surface area contributed by atoms with Crippen LogP contribution in [-0.4, -0.2) is 21.4 Å². The van der Waals surface area contributed by atoms with Crippen molar-refractivity contribution in [1.29, 1.82) is 0 Å². The van der Waals surface area contributed by atoms with E-state index < -0.39 is 11.7 Å². The largest absolute Gasteiger partial charge is 0.460 e. The smallest absolute Gasteiger partial charge is 0.417 e. The molecule has 0 atom stereocenters. The van der Waals surface area contributed by atoms with Crippen LogP contribution >= 0.6 is 0 Å². The summed E-state index contributed by atoms with van der Waals surface area (Å²) in [6, 6.07) is 18.7. The van der Waals surface area contributed by atoms with Gasteiger partial charge >= 0.3 is 6.18 Å². The Labute approximate surface area is 183 Å². The van der Waals surface area contributed by atoms with Gasteiger partial charge in [0, 0.05) is 42.4 Å². The standard InChI is InChI=1S/C25H20F3N3O/c26-25(27,28)21-9-5-4-8-20(21)23-11-10-19(32-23)16-31-13-12-22-18(15-31)14-29-24(30-22)17-6-2-1-3-7-17/h1-11,14H,12-13,15-16H2. The fraction of sp³-hybridized carbons (Fsp3) is 0.200. The van der Waals surface area contributed by atoms with Crippen LogP contribution in [0.5, 0.6) is 0 Å². The van der Waals surface area contributed by atoms with Gasteiger partial charge in [-0.05, 0) is 18.2 Å². The third kappa shape index (κ3) is 4.16. The lowest BCUT2D eigenvalue weighted by Gasteiger charge is -2.27. The summed E-state index contributed by atoms with van der Waals surface area (Å²) in [6.07, 6.45) is -1.79. The van der Waals surface area contributed by atoms with Gasteiger partial charge in [-0.3, -0.25) is 4.90 Å². The molecule has 32 heavy (non-hydrogen) atoms. The van der Waals surface area contributed by atoms with Gasteiger partial charge in [0.15, 0.2) is 5.82 Å². The second kappa shape index (κ2) is 8.24. The first kappa shape index (κ1) is 20.5.